The maximum atomic E-state index is 11.4. The molecule has 2 nitrogen and oxygen atoms in total. The van der Waals surface area contributed by atoms with E-state index in [2.05, 4.69) is 13.8 Å². The summed E-state index contributed by atoms with van der Waals surface area (Å²) in [7, 11) is 0. The quantitative estimate of drug-likeness (QED) is 0.472. The summed E-state index contributed by atoms with van der Waals surface area (Å²) >= 11 is 0. The predicted octanol–water partition coefficient (Wildman–Crippen LogP) is 4.81. The van der Waals surface area contributed by atoms with Gasteiger partial charge in [-0.2, -0.15) is 0 Å². The van der Waals surface area contributed by atoms with E-state index in [0.29, 0.717) is 0 Å². The first-order valence-corrected chi connectivity index (χ1v) is 8.01. The lowest BCUT2D eigenvalue weighted by atomic mass is 9.94. The summed E-state index contributed by atoms with van der Waals surface area (Å²) in [4.78, 5) is 11.4. The van der Waals surface area contributed by atoms with E-state index >= 15 is 0 Å². The maximum absolute atomic E-state index is 11.4. The van der Waals surface area contributed by atoms with Crippen LogP contribution in [0, 0.1) is 5.92 Å². The van der Waals surface area contributed by atoms with Crippen molar-refractivity contribution in [2.45, 2.75) is 90.9 Å². The fourth-order valence-corrected chi connectivity index (χ4v) is 2.42. The first-order valence-electron chi connectivity index (χ1n) is 8.01. The highest BCUT2D eigenvalue weighted by atomic mass is 16.1. The zero-order valence-electron chi connectivity index (χ0n) is 12.5. The molecule has 0 unspecified atom stereocenters. The van der Waals surface area contributed by atoms with E-state index in [1.165, 1.54) is 64.2 Å². The Morgan fingerprint density at radius 3 is 1.50 bits per heavy atom. The number of primary amides is 1. The first-order chi connectivity index (χ1) is 8.72. The summed E-state index contributed by atoms with van der Waals surface area (Å²) < 4.78 is 0. The number of unbranched alkanes of at least 4 members (excludes halogenated alkanes) is 8. The van der Waals surface area contributed by atoms with Crippen molar-refractivity contribution < 1.29 is 4.79 Å². The van der Waals surface area contributed by atoms with Crippen molar-refractivity contribution >= 4 is 5.91 Å². The van der Waals surface area contributed by atoms with Gasteiger partial charge in [0.15, 0.2) is 0 Å². The maximum Gasteiger partial charge on any atom is 0.220 e. The van der Waals surface area contributed by atoms with Gasteiger partial charge in [-0.1, -0.05) is 78.1 Å². The monoisotopic (exact) mass is 255 g/mol. The van der Waals surface area contributed by atoms with Crippen LogP contribution in [-0.4, -0.2) is 5.91 Å². The van der Waals surface area contributed by atoms with Crippen LogP contribution in [0.15, 0.2) is 0 Å². The zero-order chi connectivity index (χ0) is 13.6. The molecule has 2 N–H and O–H groups in total. The van der Waals surface area contributed by atoms with E-state index in [9.17, 15) is 4.79 Å². The number of rotatable bonds is 13. The van der Waals surface area contributed by atoms with Crippen LogP contribution in [0.2, 0.25) is 0 Å². The third-order valence-electron chi connectivity index (χ3n) is 3.71. The lowest BCUT2D eigenvalue weighted by Crippen LogP contribution is -2.23. The molecule has 2 heteroatoms. The van der Waals surface area contributed by atoms with E-state index < -0.39 is 0 Å². The van der Waals surface area contributed by atoms with Gasteiger partial charge in [0.1, 0.15) is 0 Å². The van der Waals surface area contributed by atoms with Crippen LogP contribution < -0.4 is 5.73 Å². The van der Waals surface area contributed by atoms with Crippen molar-refractivity contribution in [1.82, 2.24) is 0 Å². The number of carbonyl (C=O) groups excluding carboxylic acids is 1. The Hall–Kier alpha value is -0.530. The molecular formula is C16H33NO. The number of carbonyl (C=O) groups is 1. The van der Waals surface area contributed by atoms with Gasteiger partial charge in [-0.25, -0.2) is 0 Å². The second-order valence-corrected chi connectivity index (χ2v) is 5.51. The molecule has 0 bridgehead atoms. The summed E-state index contributed by atoms with van der Waals surface area (Å²) in [6.45, 7) is 4.45. The molecule has 1 amide bonds. The minimum Gasteiger partial charge on any atom is -0.369 e. The zero-order valence-corrected chi connectivity index (χ0v) is 12.5. The Balaban J connectivity index is 3.56. The SMILES string of the molecule is CCCCCCCC(CCCCCCC)C(N)=O. The predicted molar refractivity (Wildman–Crippen MR) is 79.4 cm³/mol. The molecule has 0 fully saturated rings. The summed E-state index contributed by atoms with van der Waals surface area (Å²) in [5.74, 6) is 0.0502. The summed E-state index contributed by atoms with van der Waals surface area (Å²) in [6, 6.07) is 0. The second-order valence-electron chi connectivity index (χ2n) is 5.51. The summed E-state index contributed by atoms with van der Waals surface area (Å²) in [6.07, 6.45) is 14.7. The van der Waals surface area contributed by atoms with Crippen LogP contribution >= 0.6 is 0 Å². The van der Waals surface area contributed by atoms with Crippen molar-refractivity contribution in [3.05, 3.63) is 0 Å². The average molecular weight is 255 g/mol. The van der Waals surface area contributed by atoms with Crippen LogP contribution in [0.4, 0.5) is 0 Å². The van der Waals surface area contributed by atoms with Crippen LogP contribution in [0.25, 0.3) is 0 Å². The van der Waals surface area contributed by atoms with Crippen molar-refractivity contribution in [2.75, 3.05) is 0 Å². The molecule has 0 aliphatic carbocycles. The van der Waals surface area contributed by atoms with Gasteiger partial charge in [-0.15, -0.1) is 0 Å². The Morgan fingerprint density at radius 1 is 0.778 bits per heavy atom. The molecule has 0 saturated heterocycles. The largest absolute Gasteiger partial charge is 0.369 e. The Bertz CT molecular complexity index is 178. The van der Waals surface area contributed by atoms with Gasteiger partial charge >= 0.3 is 0 Å². The molecule has 0 aliphatic rings. The molecule has 0 saturated carbocycles. The second kappa shape index (κ2) is 12.9. The minimum absolute atomic E-state index is 0.0824. The third kappa shape index (κ3) is 10.6. The van der Waals surface area contributed by atoms with Gasteiger partial charge in [-0.3, -0.25) is 4.79 Å². The lowest BCUT2D eigenvalue weighted by molar-refractivity contribution is -0.122. The molecule has 0 aromatic heterocycles. The Labute approximate surface area is 114 Å². The average Bonchev–Trinajstić information content (AvgIpc) is 2.35. The van der Waals surface area contributed by atoms with E-state index in [1.807, 2.05) is 0 Å². The van der Waals surface area contributed by atoms with Crippen molar-refractivity contribution in [3.8, 4) is 0 Å². The van der Waals surface area contributed by atoms with E-state index in [4.69, 9.17) is 5.73 Å². The summed E-state index contributed by atoms with van der Waals surface area (Å²) in [5.41, 5.74) is 5.48. The molecule has 108 valence electrons. The number of hydrogen-bond acceptors (Lipinski definition) is 1. The van der Waals surface area contributed by atoms with Gasteiger partial charge < -0.3 is 5.73 Å². The first kappa shape index (κ1) is 17.5. The molecule has 0 heterocycles. The van der Waals surface area contributed by atoms with Crippen LogP contribution in [0.5, 0.6) is 0 Å². The van der Waals surface area contributed by atoms with E-state index in [1.54, 1.807) is 0 Å². The van der Waals surface area contributed by atoms with Crippen molar-refractivity contribution in [1.29, 1.82) is 0 Å². The smallest absolute Gasteiger partial charge is 0.220 e. The molecule has 0 aromatic carbocycles. The molecule has 0 atom stereocenters. The van der Waals surface area contributed by atoms with Crippen LogP contribution in [0.3, 0.4) is 0 Å². The van der Waals surface area contributed by atoms with Crippen LogP contribution in [0.1, 0.15) is 90.9 Å². The molecule has 0 aromatic rings. The molecule has 0 spiro atoms. The number of nitrogens with two attached hydrogens (primary N) is 1. The standard InChI is InChI=1S/C16H33NO/c1-3-5-7-9-11-13-15(16(17)18)14-12-10-8-6-4-2/h15H,3-14H2,1-2H3,(H2,17,18). The van der Waals surface area contributed by atoms with Crippen molar-refractivity contribution in [2.24, 2.45) is 11.7 Å². The fraction of sp³-hybridized carbons (Fsp3) is 0.938. The van der Waals surface area contributed by atoms with Gasteiger partial charge in [-0.05, 0) is 12.8 Å². The highest BCUT2D eigenvalue weighted by molar-refractivity contribution is 5.76. The van der Waals surface area contributed by atoms with E-state index in [-0.39, 0.29) is 11.8 Å². The van der Waals surface area contributed by atoms with Gasteiger partial charge in [0.25, 0.3) is 0 Å². The Kier molecular flexibility index (Phi) is 12.5. The third-order valence-corrected chi connectivity index (χ3v) is 3.71. The summed E-state index contributed by atoms with van der Waals surface area (Å²) in [5, 5.41) is 0. The highest BCUT2D eigenvalue weighted by Crippen LogP contribution is 2.18. The van der Waals surface area contributed by atoms with Gasteiger partial charge in [0.2, 0.25) is 5.91 Å². The molecule has 0 radical (unpaired) electrons. The molecule has 0 aliphatic heterocycles. The van der Waals surface area contributed by atoms with Gasteiger partial charge in [0.05, 0.1) is 0 Å². The van der Waals surface area contributed by atoms with Crippen molar-refractivity contribution in [3.63, 3.8) is 0 Å². The highest BCUT2D eigenvalue weighted by Gasteiger charge is 2.13. The number of amides is 1. The fourth-order valence-electron chi connectivity index (χ4n) is 2.42. The van der Waals surface area contributed by atoms with Crippen LogP contribution in [-0.2, 0) is 4.79 Å². The molecule has 0 rings (SSSR count). The molecule has 18 heavy (non-hydrogen) atoms. The Morgan fingerprint density at radius 2 is 1.17 bits per heavy atom. The number of hydrogen-bond donors (Lipinski definition) is 1. The molecular weight excluding hydrogens is 222 g/mol. The van der Waals surface area contributed by atoms with E-state index in [0.717, 1.165) is 12.8 Å². The van der Waals surface area contributed by atoms with Gasteiger partial charge in [0, 0.05) is 5.92 Å². The topological polar surface area (TPSA) is 43.1 Å². The minimum atomic E-state index is -0.0824. The lowest BCUT2D eigenvalue weighted by Gasteiger charge is -2.12. The normalized spacial score (nSPS) is 11.1.